The third-order valence-electron chi connectivity index (χ3n) is 0.722. The Hall–Kier alpha value is -0.0300. The number of rotatable bonds is 6. The van der Waals surface area contributed by atoms with Crippen LogP contribution in [0, 0.1) is 0 Å². The molecule has 0 rings (SSSR count). The highest BCUT2D eigenvalue weighted by atomic mass is 127. The number of hydrogen-bond acceptors (Lipinski definition) is 2. The number of halogens is 1. The lowest BCUT2D eigenvalue weighted by molar-refractivity contribution is 0.101. The Bertz CT molecular complexity index is 112. The summed E-state index contributed by atoms with van der Waals surface area (Å²) in [5.41, 5.74) is 0. The molecule has 0 atom stereocenters. The van der Waals surface area contributed by atoms with Crippen LogP contribution in [0.15, 0.2) is 23.0 Å². The fourth-order valence-corrected chi connectivity index (χ4v) is 0.598. The highest BCUT2D eigenvalue weighted by molar-refractivity contribution is 14.1. The van der Waals surface area contributed by atoms with E-state index in [1.54, 1.807) is 6.08 Å². The third kappa shape index (κ3) is 7.97. The Morgan fingerprint density at radius 1 is 1.50 bits per heavy atom. The second kappa shape index (κ2) is 7.08. The molecule has 0 aliphatic carbocycles. The van der Waals surface area contributed by atoms with Gasteiger partial charge in [-0.1, -0.05) is 12.7 Å². The fraction of sp³-hybridized carbons (Fsp3) is 0.429. The monoisotopic (exact) mass is 254 g/mol. The van der Waals surface area contributed by atoms with E-state index in [2.05, 4.69) is 13.2 Å². The topological polar surface area (TPSA) is 18.5 Å². The summed E-state index contributed by atoms with van der Waals surface area (Å²) in [6.45, 7) is 8.81. The number of hydrogen-bond donors (Lipinski definition) is 0. The van der Waals surface area contributed by atoms with Crippen LogP contribution in [0.4, 0.5) is 0 Å². The van der Waals surface area contributed by atoms with Crippen molar-refractivity contribution in [2.24, 2.45) is 0 Å². The van der Waals surface area contributed by atoms with Gasteiger partial charge in [0.25, 0.3) is 0 Å². The molecule has 10 heavy (non-hydrogen) atoms. The standard InChI is InChI=1S/C7H11IO2/c1-3-4-9-5-6-10-7(2)8/h3H,1-2,4-6H2. The first kappa shape index (κ1) is 9.97. The first-order valence-electron chi connectivity index (χ1n) is 2.93. The molecule has 0 amide bonds. The predicted octanol–water partition coefficient (Wildman–Crippen LogP) is 2.11. The van der Waals surface area contributed by atoms with Crippen LogP contribution >= 0.6 is 22.6 Å². The van der Waals surface area contributed by atoms with Gasteiger partial charge in [-0.2, -0.15) is 0 Å². The van der Waals surface area contributed by atoms with Crippen molar-refractivity contribution < 1.29 is 9.47 Å². The van der Waals surface area contributed by atoms with Crippen LogP contribution in [-0.4, -0.2) is 19.8 Å². The molecular formula is C7H11IO2. The van der Waals surface area contributed by atoms with E-state index in [1.807, 2.05) is 22.6 Å². The first-order valence-corrected chi connectivity index (χ1v) is 4.01. The van der Waals surface area contributed by atoms with E-state index in [0.29, 0.717) is 23.6 Å². The summed E-state index contributed by atoms with van der Waals surface area (Å²) in [5.74, 6) is 0. The molecule has 0 unspecified atom stereocenters. The first-order chi connectivity index (χ1) is 4.77. The number of ether oxygens (including phenoxy) is 2. The molecule has 0 spiro atoms. The van der Waals surface area contributed by atoms with Crippen LogP contribution in [0.25, 0.3) is 0 Å². The van der Waals surface area contributed by atoms with Crippen molar-refractivity contribution in [1.82, 2.24) is 0 Å². The Kier molecular flexibility index (Phi) is 7.06. The molecule has 0 radical (unpaired) electrons. The zero-order valence-corrected chi connectivity index (χ0v) is 7.96. The van der Waals surface area contributed by atoms with Gasteiger partial charge in [0, 0.05) is 0 Å². The Balaban J connectivity index is 2.90. The molecule has 0 saturated heterocycles. The molecule has 0 heterocycles. The minimum Gasteiger partial charge on any atom is -0.486 e. The van der Waals surface area contributed by atoms with E-state index in [0.717, 1.165) is 0 Å². The Labute approximate surface area is 75.0 Å². The molecule has 0 aliphatic rings. The van der Waals surface area contributed by atoms with Gasteiger partial charge in [-0.15, -0.1) is 6.58 Å². The summed E-state index contributed by atoms with van der Waals surface area (Å²) in [7, 11) is 0. The van der Waals surface area contributed by atoms with Crippen LogP contribution in [-0.2, 0) is 9.47 Å². The van der Waals surface area contributed by atoms with Gasteiger partial charge in [0.2, 0.25) is 0 Å². The van der Waals surface area contributed by atoms with Gasteiger partial charge in [-0.05, 0) is 22.6 Å². The molecule has 2 nitrogen and oxygen atoms in total. The van der Waals surface area contributed by atoms with Gasteiger partial charge in [-0.25, -0.2) is 0 Å². The molecule has 3 heteroatoms. The van der Waals surface area contributed by atoms with Gasteiger partial charge < -0.3 is 9.47 Å². The lowest BCUT2D eigenvalue weighted by atomic mass is 10.7. The zero-order chi connectivity index (χ0) is 7.82. The van der Waals surface area contributed by atoms with Gasteiger partial charge >= 0.3 is 0 Å². The maximum Gasteiger partial charge on any atom is 0.149 e. The van der Waals surface area contributed by atoms with Gasteiger partial charge in [-0.3, -0.25) is 0 Å². The van der Waals surface area contributed by atoms with E-state index < -0.39 is 0 Å². The third-order valence-corrected chi connectivity index (χ3v) is 1.03. The lowest BCUT2D eigenvalue weighted by Gasteiger charge is -2.02. The van der Waals surface area contributed by atoms with Gasteiger partial charge in [0.1, 0.15) is 10.4 Å². The van der Waals surface area contributed by atoms with E-state index in [4.69, 9.17) is 9.47 Å². The van der Waals surface area contributed by atoms with Crippen molar-refractivity contribution in [2.75, 3.05) is 19.8 Å². The van der Waals surface area contributed by atoms with Crippen molar-refractivity contribution in [1.29, 1.82) is 0 Å². The SMILES string of the molecule is C=CCOCCOC(=C)I. The quantitative estimate of drug-likeness (QED) is 0.313. The van der Waals surface area contributed by atoms with E-state index in [9.17, 15) is 0 Å². The minimum absolute atomic E-state index is 0.565. The summed E-state index contributed by atoms with van der Waals surface area (Å²) >= 11 is 2.01. The van der Waals surface area contributed by atoms with E-state index in [1.165, 1.54) is 0 Å². The molecule has 0 aliphatic heterocycles. The van der Waals surface area contributed by atoms with Gasteiger partial charge in [0.15, 0.2) is 0 Å². The van der Waals surface area contributed by atoms with Crippen molar-refractivity contribution in [3.8, 4) is 0 Å². The summed E-state index contributed by atoms with van der Waals surface area (Å²) in [6.07, 6.45) is 1.71. The summed E-state index contributed by atoms with van der Waals surface area (Å²) in [5, 5.41) is 0. The molecule has 0 bridgehead atoms. The van der Waals surface area contributed by atoms with Crippen molar-refractivity contribution in [2.45, 2.75) is 0 Å². The van der Waals surface area contributed by atoms with Crippen LogP contribution < -0.4 is 0 Å². The largest absolute Gasteiger partial charge is 0.486 e. The molecule has 0 saturated carbocycles. The lowest BCUT2D eigenvalue weighted by Crippen LogP contribution is -2.01. The van der Waals surface area contributed by atoms with E-state index >= 15 is 0 Å². The van der Waals surface area contributed by atoms with Crippen molar-refractivity contribution in [3.63, 3.8) is 0 Å². The van der Waals surface area contributed by atoms with E-state index in [-0.39, 0.29) is 0 Å². The van der Waals surface area contributed by atoms with Crippen LogP contribution in [0.2, 0.25) is 0 Å². The molecule has 0 aromatic carbocycles. The maximum atomic E-state index is 5.05. The summed E-state index contributed by atoms with van der Waals surface area (Å²) in [6, 6.07) is 0. The van der Waals surface area contributed by atoms with Crippen molar-refractivity contribution >= 4 is 22.6 Å². The Morgan fingerprint density at radius 3 is 2.70 bits per heavy atom. The Morgan fingerprint density at radius 2 is 2.20 bits per heavy atom. The summed E-state index contributed by atoms with van der Waals surface area (Å²) in [4.78, 5) is 0. The van der Waals surface area contributed by atoms with Crippen LogP contribution in [0.1, 0.15) is 0 Å². The zero-order valence-electron chi connectivity index (χ0n) is 5.81. The molecule has 0 aromatic rings. The predicted molar refractivity (Wildman–Crippen MR) is 50.1 cm³/mol. The summed E-state index contributed by atoms with van der Waals surface area (Å²) < 4.78 is 10.8. The molecular weight excluding hydrogens is 243 g/mol. The maximum absolute atomic E-state index is 5.05. The average Bonchev–Trinajstić information content (AvgIpc) is 1.87. The normalized spacial score (nSPS) is 8.90. The second-order valence-electron chi connectivity index (χ2n) is 1.57. The highest BCUT2D eigenvalue weighted by Gasteiger charge is 1.86. The molecule has 0 N–H and O–H groups in total. The minimum atomic E-state index is 0.565. The molecule has 0 aromatic heterocycles. The molecule has 58 valence electrons. The second-order valence-corrected chi connectivity index (χ2v) is 2.77. The van der Waals surface area contributed by atoms with Crippen LogP contribution in [0.5, 0.6) is 0 Å². The molecule has 0 fully saturated rings. The van der Waals surface area contributed by atoms with Gasteiger partial charge in [0.05, 0.1) is 13.2 Å². The fourth-order valence-electron chi connectivity index (χ4n) is 0.378. The highest BCUT2D eigenvalue weighted by Crippen LogP contribution is 2.01. The van der Waals surface area contributed by atoms with Crippen molar-refractivity contribution in [3.05, 3.63) is 23.0 Å². The smallest absolute Gasteiger partial charge is 0.149 e. The average molecular weight is 254 g/mol. The van der Waals surface area contributed by atoms with Crippen LogP contribution in [0.3, 0.4) is 0 Å².